The Morgan fingerprint density at radius 1 is 1.31 bits per heavy atom. The molecule has 0 saturated carbocycles. The smallest absolute Gasteiger partial charge is 0.306 e. The zero-order valence-electron chi connectivity index (χ0n) is 15.8. The lowest BCUT2D eigenvalue weighted by Crippen LogP contribution is -2.15. The highest BCUT2D eigenvalue weighted by atomic mass is 35.5. The molecule has 0 aromatic heterocycles. The molecule has 0 unspecified atom stereocenters. The van der Waals surface area contributed by atoms with Gasteiger partial charge in [-0.05, 0) is 37.1 Å². The SMILES string of the molecule is Cc1cc(Cl)ccc1OCCCC(=O)OCc1cc([N+](=O)[O-])cc2c1OCOC2. The third-order valence-corrected chi connectivity index (χ3v) is 4.53. The quantitative estimate of drug-likeness (QED) is 0.271. The number of non-ortho nitro benzene ring substituents is 1. The van der Waals surface area contributed by atoms with Crippen LogP contribution in [-0.4, -0.2) is 24.3 Å². The molecule has 0 spiro atoms. The Balaban J connectivity index is 1.50. The molecule has 1 aliphatic heterocycles. The fraction of sp³-hybridized carbons (Fsp3) is 0.350. The highest BCUT2D eigenvalue weighted by molar-refractivity contribution is 6.30. The van der Waals surface area contributed by atoms with Crippen molar-refractivity contribution in [2.75, 3.05) is 13.4 Å². The van der Waals surface area contributed by atoms with Gasteiger partial charge < -0.3 is 18.9 Å². The molecule has 1 aliphatic rings. The predicted octanol–water partition coefficient (Wildman–Crippen LogP) is 4.33. The normalized spacial score (nSPS) is 12.6. The van der Waals surface area contributed by atoms with Crippen molar-refractivity contribution >= 4 is 23.3 Å². The topological polar surface area (TPSA) is 97.1 Å². The van der Waals surface area contributed by atoms with Crippen LogP contribution in [0.2, 0.25) is 5.02 Å². The first kappa shape index (κ1) is 20.9. The maximum atomic E-state index is 12.0. The molecule has 3 rings (SSSR count). The van der Waals surface area contributed by atoms with Gasteiger partial charge in [-0.1, -0.05) is 11.6 Å². The van der Waals surface area contributed by atoms with Gasteiger partial charge in [0.05, 0.1) is 18.1 Å². The number of carbonyl (C=O) groups excluding carboxylic acids is 1. The van der Waals surface area contributed by atoms with Gasteiger partial charge in [0.25, 0.3) is 5.69 Å². The van der Waals surface area contributed by atoms with Crippen LogP contribution in [0.1, 0.15) is 29.5 Å². The van der Waals surface area contributed by atoms with Crippen molar-refractivity contribution in [2.45, 2.75) is 33.0 Å². The van der Waals surface area contributed by atoms with Crippen LogP contribution in [0.25, 0.3) is 0 Å². The lowest BCUT2D eigenvalue weighted by atomic mass is 10.1. The van der Waals surface area contributed by atoms with Gasteiger partial charge >= 0.3 is 5.97 Å². The van der Waals surface area contributed by atoms with Crippen molar-refractivity contribution in [3.63, 3.8) is 0 Å². The minimum Gasteiger partial charge on any atom is -0.493 e. The van der Waals surface area contributed by atoms with E-state index in [4.69, 9.17) is 30.5 Å². The number of nitro groups is 1. The van der Waals surface area contributed by atoms with E-state index in [0.29, 0.717) is 40.7 Å². The fourth-order valence-electron chi connectivity index (χ4n) is 2.90. The van der Waals surface area contributed by atoms with Crippen LogP contribution in [0.5, 0.6) is 11.5 Å². The average Bonchev–Trinajstić information content (AvgIpc) is 2.70. The molecule has 0 atom stereocenters. The van der Waals surface area contributed by atoms with Crippen LogP contribution in [0.3, 0.4) is 0 Å². The van der Waals surface area contributed by atoms with Gasteiger partial charge in [0.15, 0.2) is 6.79 Å². The Bertz CT molecular complexity index is 916. The van der Waals surface area contributed by atoms with Crippen LogP contribution < -0.4 is 9.47 Å². The maximum absolute atomic E-state index is 12.0. The van der Waals surface area contributed by atoms with E-state index in [0.717, 1.165) is 5.56 Å². The Labute approximate surface area is 172 Å². The van der Waals surface area contributed by atoms with Crippen molar-refractivity contribution in [2.24, 2.45) is 0 Å². The molecular weight excluding hydrogens is 402 g/mol. The Hall–Kier alpha value is -2.84. The van der Waals surface area contributed by atoms with Gasteiger partial charge in [-0.3, -0.25) is 14.9 Å². The molecule has 9 heteroatoms. The number of hydrogen-bond donors (Lipinski definition) is 0. The van der Waals surface area contributed by atoms with Gasteiger partial charge in [0, 0.05) is 34.7 Å². The van der Waals surface area contributed by atoms with E-state index in [2.05, 4.69) is 0 Å². The van der Waals surface area contributed by atoms with Gasteiger partial charge in [-0.15, -0.1) is 0 Å². The number of aryl methyl sites for hydroxylation is 1. The number of nitro benzene ring substituents is 1. The summed E-state index contributed by atoms with van der Waals surface area (Å²) in [6.45, 7) is 2.39. The summed E-state index contributed by atoms with van der Waals surface area (Å²) >= 11 is 5.91. The summed E-state index contributed by atoms with van der Waals surface area (Å²) in [6.07, 6.45) is 0.631. The Morgan fingerprint density at radius 2 is 2.14 bits per heavy atom. The van der Waals surface area contributed by atoms with E-state index < -0.39 is 10.9 Å². The minimum atomic E-state index is -0.504. The highest BCUT2D eigenvalue weighted by Gasteiger charge is 2.21. The number of esters is 1. The first-order chi connectivity index (χ1) is 13.9. The third-order valence-electron chi connectivity index (χ3n) is 4.29. The minimum absolute atomic E-state index is 0.0488. The fourth-order valence-corrected chi connectivity index (χ4v) is 3.12. The lowest BCUT2D eigenvalue weighted by molar-refractivity contribution is -0.385. The van der Waals surface area contributed by atoms with Crippen molar-refractivity contribution < 1.29 is 28.7 Å². The second-order valence-corrected chi connectivity index (χ2v) is 6.92. The monoisotopic (exact) mass is 421 g/mol. The summed E-state index contributed by atoms with van der Waals surface area (Å²) in [5, 5.41) is 11.7. The van der Waals surface area contributed by atoms with E-state index in [1.54, 1.807) is 18.2 Å². The molecule has 1 heterocycles. The summed E-state index contributed by atoms with van der Waals surface area (Å²) in [4.78, 5) is 22.6. The summed E-state index contributed by atoms with van der Waals surface area (Å²) in [7, 11) is 0. The van der Waals surface area contributed by atoms with Gasteiger partial charge in [0.2, 0.25) is 0 Å². The molecule has 0 N–H and O–H groups in total. The van der Waals surface area contributed by atoms with Crippen LogP contribution in [0.15, 0.2) is 30.3 Å². The number of hydrogen-bond acceptors (Lipinski definition) is 7. The Morgan fingerprint density at radius 3 is 2.90 bits per heavy atom. The van der Waals surface area contributed by atoms with Gasteiger partial charge in [-0.25, -0.2) is 0 Å². The second kappa shape index (κ2) is 9.58. The van der Waals surface area contributed by atoms with Gasteiger partial charge in [-0.2, -0.15) is 0 Å². The van der Waals surface area contributed by atoms with Crippen molar-refractivity contribution in [3.8, 4) is 11.5 Å². The van der Waals surface area contributed by atoms with Crippen LogP contribution in [0.4, 0.5) is 5.69 Å². The molecule has 0 aliphatic carbocycles. The van der Waals surface area contributed by atoms with Crippen molar-refractivity contribution in [1.82, 2.24) is 0 Å². The molecule has 2 aromatic carbocycles. The summed E-state index contributed by atoms with van der Waals surface area (Å²) in [6, 6.07) is 8.08. The molecule has 0 radical (unpaired) electrons. The zero-order chi connectivity index (χ0) is 20.8. The van der Waals surface area contributed by atoms with E-state index in [9.17, 15) is 14.9 Å². The number of rotatable bonds is 8. The number of halogens is 1. The van der Waals surface area contributed by atoms with Crippen LogP contribution in [-0.2, 0) is 27.5 Å². The second-order valence-electron chi connectivity index (χ2n) is 6.48. The molecule has 0 saturated heterocycles. The Kier molecular flexibility index (Phi) is 6.90. The third kappa shape index (κ3) is 5.58. The molecule has 0 fully saturated rings. The number of nitrogens with zero attached hydrogens (tertiary/aromatic N) is 1. The van der Waals surface area contributed by atoms with E-state index in [1.165, 1.54) is 12.1 Å². The summed E-state index contributed by atoms with van der Waals surface area (Å²) in [5.41, 5.74) is 1.82. The molecule has 8 nitrogen and oxygen atoms in total. The van der Waals surface area contributed by atoms with Crippen molar-refractivity contribution in [3.05, 3.63) is 62.2 Å². The summed E-state index contributed by atoms with van der Waals surface area (Å²) < 4.78 is 21.5. The largest absolute Gasteiger partial charge is 0.493 e. The molecule has 29 heavy (non-hydrogen) atoms. The molecule has 154 valence electrons. The van der Waals surface area contributed by atoms with E-state index >= 15 is 0 Å². The predicted molar refractivity (Wildman–Crippen MR) is 104 cm³/mol. The zero-order valence-corrected chi connectivity index (χ0v) is 16.6. The maximum Gasteiger partial charge on any atom is 0.306 e. The summed E-state index contributed by atoms with van der Waals surface area (Å²) in [5.74, 6) is 0.760. The number of benzene rings is 2. The van der Waals surface area contributed by atoms with E-state index in [1.807, 2.05) is 6.92 Å². The molecule has 0 amide bonds. The van der Waals surface area contributed by atoms with Crippen molar-refractivity contribution in [1.29, 1.82) is 0 Å². The first-order valence-corrected chi connectivity index (χ1v) is 9.37. The molecule has 0 bridgehead atoms. The highest BCUT2D eigenvalue weighted by Crippen LogP contribution is 2.33. The first-order valence-electron chi connectivity index (χ1n) is 8.99. The van der Waals surface area contributed by atoms with E-state index in [-0.39, 0.29) is 32.1 Å². The molecular formula is C20H20ClNO7. The number of ether oxygens (including phenoxy) is 4. The number of carbonyl (C=O) groups is 1. The number of fused-ring (bicyclic) bond motifs is 1. The average molecular weight is 422 g/mol. The van der Waals surface area contributed by atoms with Crippen LogP contribution >= 0.6 is 11.6 Å². The van der Waals surface area contributed by atoms with Crippen LogP contribution in [0, 0.1) is 17.0 Å². The lowest BCUT2D eigenvalue weighted by Gasteiger charge is -2.20. The molecule has 2 aromatic rings. The standard InChI is InChI=1S/C20H20ClNO7/c1-13-7-16(21)4-5-18(13)27-6-2-3-19(23)28-11-15-9-17(22(24)25)8-14-10-26-12-29-20(14)15/h4-5,7-9H,2-3,6,10-12H2,1H3. The van der Waals surface area contributed by atoms with Gasteiger partial charge in [0.1, 0.15) is 18.1 Å².